The maximum Gasteiger partial charge on any atom is 0.320 e. The number of benzene rings is 1. The summed E-state index contributed by atoms with van der Waals surface area (Å²) in [6.07, 6.45) is 1.58. The average molecular weight is 221 g/mol. The van der Waals surface area contributed by atoms with E-state index in [9.17, 15) is 9.90 Å². The van der Waals surface area contributed by atoms with Gasteiger partial charge in [0.2, 0.25) is 0 Å². The first-order chi connectivity index (χ1) is 7.58. The average Bonchev–Trinajstić information content (AvgIpc) is 2.65. The Morgan fingerprint density at radius 2 is 2.31 bits per heavy atom. The lowest BCUT2D eigenvalue weighted by molar-refractivity contribution is -0.138. The normalized spacial score (nSPS) is 12.8. The van der Waals surface area contributed by atoms with Crippen LogP contribution in [-0.2, 0) is 11.2 Å². The third kappa shape index (κ3) is 1.82. The van der Waals surface area contributed by atoms with Gasteiger partial charge < -0.3 is 20.9 Å². The van der Waals surface area contributed by atoms with Gasteiger partial charge in [-0.3, -0.25) is 4.79 Å². The van der Waals surface area contributed by atoms with Crippen LogP contribution in [0.3, 0.4) is 0 Å². The summed E-state index contributed by atoms with van der Waals surface area (Å²) in [6.45, 7) is 0. The van der Waals surface area contributed by atoms with Crippen molar-refractivity contribution in [2.75, 3.05) is 0 Å². The zero-order chi connectivity index (χ0) is 11.7. The van der Waals surface area contributed by atoms with Gasteiger partial charge in [-0.1, -0.05) is 0 Å². The smallest absolute Gasteiger partial charge is 0.320 e. The molecule has 0 radical (unpaired) electrons. The molecule has 0 saturated carbocycles. The highest BCUT2D eigenvalue weighted by Gasteiger charge is 2.15. The number of H-pyrrole nitrogens is 1. The minimum atomic E-state index is -1.10. The SMILES string of the molecule is N[C@@H](Cc1cc2nc[nH]c2cc1O)C(=O)O. The van der Waals surface area contributed by atoms with Crippen molar-refractivity contribution in [3.05, 3.63) is 24.0 Å². The minimum Gasteiger partial charge on any atom is -0.508 e. The molecule has 1 heterocycles. The molecule has 0 unspecified atom stereocenters. The van der Waals surface area contributed by atoms with Gasteiger partial charge in [-0.05, 0) is 11.6 Å². The number of carboxylic acid groups (broad SMARTS) is 1. The van der Waals surface area contributed by atoms with Gasteiger partial charge in [0.15, 0.2) is 0 Å². The lowest BCUT2D eigenvalue weighted by atomic mass is 10.0. The van der Waals surface area contributed by atoms with Gasteiger partial charge in [0, 0.05) is 12.5 Å². The third-order valence-electron chi connectivity index (χ3n) is 2.38. The second kappa shape index (κ2) is 3.82. The second-order valence-corrected chi connectivity index (χ2v) is 3.55. The third-order valence-corrected chi connectivity index (χ3v) is 2.38. The summed E-state index contributed by atoms with van der Waals surface area (Å²) in [5.74, 6) is -1.07. The van der Waals surface area contributed by atoms with Crippen molar-refractivity contribution in [1.82, 2.24) is 9.97 Å². The van der Waals surface area contributed by atoms with Crippen LogP contribution in [-0.4, -0.2) is 32.2 Å². The van der Waals surface area contributed by atoms with E-state index in [-0.39, 0.29) is 12.2 Å². The first kappa shape index (κ1) is 10.4. The number of nitrogens with two attached hydrogens (primary N) is 1. The molecule has 5 N–H and O–H groups in total. The highest BCUT2D eigenvalue weighted by Crippen LogP contribution is 2.23. The minimum absolute atomic E-state index is 0.0217. The molecule has 0 spiro atoms. The molecule has 1 atom stereocenters. The number of fused-ring (bicyclic) bond motifs is 1. The standard InChI is InChI=1S/C10H11N3O3/c11-6(10(15)16)1-5-2-7-8(3-9(5)14)13-4-12-7/h2-4,6,14H,1,11H2,(H,12,13)(H,15,16)/t6-/m0/s1. The van der Waals surface area contributed by atoms with Gasteiger partial charge in [0.05, 0.1) is 17.4 Å². The van der Waals surface area contributed by atoms with Crippen LogP contribution in [0.1, 0.15) is 5.56 Å². The lowest BCUT2D eigenvalue weighted by Crippen LogP contribution is -2.32. The van der Waals surface area contributed by atoms with Crippen molar-refractivity contribution in [2.24, 2.45) is 5.73 Å². The molecule has 2 aromatic rings. The number of phenols is 1. The van der Waals surface area contributed by atoms with Gasteiger partial charge in [0.25, 0.3) is 0 Å². The molecule has 0 bridgehead atoms. The van der Waals surface area contributed by atoms with Gasteiger partial charge in [-0.25, -0.2) is 4.98 Å². The molecular weight excluding hydrogens is 210 g/mol. The van der Waals surface area contributed by atoms with Crippen LogP contribution in [0.25, 0.3) is 11.0 Å². The number of aromatic amines is 1. The molecular formula is C10H11N3O3. The Bertz CT molecular complexity index is 535. The maximum absolute atomic E-state index is 10.6. The molecule has 1 aromatic carbocycles. The number of nitrogens with one attached hydrogen (secondary N) is 1. The zero-order valence-electron chi connectivity index (χ0n) is 8.34. The molecule has 0 amide bonds. The Kier molecular flexibility index (Phi) is 2.49. The Balaban J connectivity index is 2.36. The number of nitrogens with zero attached hydrogens (tertiary/aromatic N) is 1. The molecule has 16 heavy (non-hydrogen) atoms. The molecule has 84 valence electrons. The van der Waals surface area contributed by atoms with Crippen LogP contribution in [0.4, 0.5) is 0 Å². The van der Waals surface area contributed by atoms with Gasteiger partial charge >= 0.3 is 5.97 Å². The van der Waals surface area contributed by atoms with E-state index >= 15 is 0 Å². The fraction of sp³-hybridized carbons (Fsp3) is 0.200. The first-order valence-corrected chi connectivity index (χ1v) is 4.71. The molecule has 0 aliphatic carbocycles. The molecule has 6 heteroatoms. The van der Waals surface area contributed by atoms with E-state index in [0.29, 0.717) is 16.6 Å². The number of rotatable bonds is 3. The number of hydrogen-bond donors (Lipinski definition) is 4. The van der Waals surface area contributed by atoms with E-state index in [2.05, 4.69) is 9.97 Å². The highest BCUT2D eigenvalue weighted by atomic mass is 16.4. The molecule has 0 aliphatic rings. The number of hydrogen-bond acceptors (Lipinski definition) is 4. The quantitative estimate of drug-likeness (QED) is 0.592. The second-order valence-electron chi connectivity index (χ2n) is 3.55. The van der Waals surface area contributed by atoms with Crippen molar-refractivity contribution >= 4 is 17.0 Å². The number of carbonyl (C=O) groups is 1. The van der Waals surface area contributed by atoms with Crippen LogP contribution >= 0.6 is 0 Å². The number of carboxylic acids is 1. The van der Waals surface area contributed by atoms with E-state index in [4.69, 9.17) is 10.8 Å². The van der Waals surface area contributed by atoms with Crippen molar-refractivity contribution in [3.8, 4) is 5.75 Å². The number of phenolic OH excluding ortho intramolecular Hbond substituents is 1. The Hall–Kier alpha value is -2.08. The van der Waals surface area contributed by atoms with E-state index in [0.717, 1.165) is 0 Å². The van der Waals surface area contributed by atoms with Crippen molar-refractivity contribution in [3.63, 3.8) is 0 Å². The van der Waals surface area contributed by atoms with E-state index < -0.39 is 12.0 Å². The topological polar surface area (TPSA) is 112 Å². The van der Waals surface area contributed by atoms with E-state index in [1.165, 1.54) is 12.4 Å². The summed E-state index contributed by atoms with van der Waals surface area (Å²) in [7, 11) is 0. The lowest BCUT2D eigenvalue weighted by Gasteiger charge is -2.08. The van der Waals surface area contributed by atoms with Gasteiger partial charge in [-0.2, -0.15) is 0 Å². The summed E-state index contributed by atoms with van der Waals surface area (Å²) in [5.41, 5.74) is 7.25. The van der Waals surface area contributed by atoms with Crippen molar-refractivity contribution in [2.45, 2.75) is 12.5 Å². The maximum atomic E-state index is 10.6. The predicted molar refractivity (Wildman–Crippen MR) is 57.1 cm³/mol. The van der Waals surface area contributed by atoms with Crippen molar-refractivity contribution in [1.29, 1.82) is 0 Å². The molecule has 1 aromatic heterocycles. The van der Waals surface area contributed by atoms with Crippen LogP contribution in [0.15, 0.2) is 18.5 Å². The molecule has 0 saturated heterocycles. The fourth-order valence-electron chi connectivity index (χ4n) is 1.50. The summed E-state index contributed by atoms with van der Waals surface area (Å²) >= 11 is 0. The van der Waals surface area contributed by atoms with Crippen molar-refractivity contribution < 1.29 is 15.0 Å². The zero-order valence-corrected chi connectivity index (χ0v) is 8.34. The van der Waals surface area contributed by atoms with Gasteiger partial charge in [0.1, 0.15) is 11.8 Å². The number of aromatic hydroxyl groups is 1. The van der Waals surface area contributed by atoms with Crippen LogP contribution in [0.2, 0.25) is 0 Å². The van der Waals surface area contributed by atoms with Crippen LogP contribution in [0, 0.1) is 0 Å². The molecule has 2 rings (SSSR count). The number of imidazole rings is 1. The fourth-order valence-corrected chi connectivity index (χ4v) is 1.50. The Labute approximate surface area is 90.7 Å². The summed E-state index contributed by atoms with van der Waals surface area (Å²) in [5, 5.41) is 18.3. The molecule has 0 fully saturated rings. The van der Waals surface area contributed by atoms with Crippen LogP contribution in [0.5, 0.6) is 5.75 Å². The summed E-state index contributed by atoms with van der Waals surface area (Å²) in [6, 6.07) is 2.11. The molecule has 0 aliphatic heterocycles. The predicted octanol–water partition coefficient (Wildman–Crippen LogP) is 0.223. The summed E-state index contributed by atoms with van der Waals surface area (Å²) < 4.78 is 0. The Morgan fingerprint density at radius 3 is 3.00 bits per heavy atom. The first-order valence-electron chi connectivity index (χ1n) is 4.71. The van der Waals surface area contributed by atoms with Gasteiger partial charge in [-0.15, -0.1) is 0 Å². The van der Waals surface area contributed by atoms with E-state index in [1.54, 1.807) is 6.07 Å². The number of aromatic nitrogens is 2. The molecule has 6 nitrogen and oxygen atoms in total. The van der Waals surface area contributed by atoms with Crippen LogP contribution < -0.4 is 5.73 Å². The highest BCUT2D eigenvalue weighted by molar-refractivity contribution is 5.78. The summed E-state index contributed by atoms with van der Waals surface area (Å²) in [4.78, 5) is 17.5. The number of aliphatic carboxylic acids is 1. The Morgan fingerprint density at radius 1 is 1.56 bits per heavy atom. The monoisotopic (exact) mass is 221 g/mol. The van der Waals surface area contributed by atoms with E-state index in [1.807, 2.05) is 0 Å². The largest absolute Gasteiger partial charge is 0.508 e.